The van der Waals surface area contributed by atoms with Gasteiger partial charge >= 0.3 is 6.03 Å². The fourth-order valence-electron chi connectivity index (χ4n) is 3.07. The Bertz CT molecular complexity index is 834. The van der Waals surface area contributed by atoms with Crippen LogP contribution in [0.1, 0.15) is 18.4 Å². The number of carbonyl (C=O) groups is 1. The molecule has 0 spiro atoms. The van der Waals surface area contributed by atoms with E-state index < -0.39 is 0 Å². The minimum absolute atomic E-state index is 0.0685. The van der Waals surface area contributed by atoms with Gasteiger partial charge in [0.15, 0.2) is 5.16 Å². The van der Waals surface area contributed by atoms with Crippen LogP contribution in [0.15, 0.2) is 29.6 Å². The number of anilines is 2. The van der Waals surface area contributed by atoms with Gasteiger partial charge in [0.05, 0.1) is 26.5 Å². The van der Waals surface area contributed by atoms with Crippen molar-refractivity contribution in [1.29, 1.82) is 0 Å². The van der Waals surface area contributed by atoms with Gasteiger partial charge in [0.25, 0.3) is 0 Å². The molecule has 0 bridgehead atoms. The molecule has 0 atom stereocenters. The molecule has 0 N–H and O–H groups in total. The topological polar surface area (TPSA) is 67.8 Å². The monoisotopic (exact) mass is 372 g/mol. The smallest absolute Gasteiger partial charge is 0.330 e. The van der Waals surface area contributed by atoms with Crippen LogP contribution < -0.4 is 19.3 Å². The Labute approximate surface area is 156 Å². The lowest BCUT2D eigenvalue weighted by Crippen LogP contribution is -2.49. The van der Waals surface area contributed by atoms with Crippen LogP contribution in [0.3, 0.4) is 0 Å². The van der Waals surface area contributed by atoms with Crippen molar-refractivity contribution in [3.63, 3.8) is 0 Å². The Kier molecular flexibility index (Phi) is 4.36. The molecule has 0 radical (unpaired) electrons. The van der Waals surface area contributed by atoms with Gasteiger partial charge in [-0.25, -0.2) is 14.8 Å². The van der Waals surface area contributed by atoms with Crippen LogP contribution in [0.4, 0.5) is 16.3 Å². The average molecular weight is 372 g/mol. The normalized spacial score (nSPS) is 16.5. The van der Waals surface area contributed by atoms with Crippen LogP contribution in [-0.4, -0.2) is 42.5 Å². The molecule has 1 aromatic carbocycles. The first-order chi connectivity index (χ1) is 12.6. The summed E-state index contributed by atoms with van der Waals surface area (Å²) in [7, 11) is 3.19. The number of urea groups is 1. The first-order valence-electron chi connectivity index (χ1n) is 8.38. The van der Waals surface area contributed by atoms with Crippen LogP contribution in [0.5, 0.6) is 11.5 Å². The summed E-state index contributed by atoms with van der Waals surface area (Å²) in [5, 5.41) is 0.679. The molecule has 7 nitrogen and oxygen atoms in total. The van der Waals surface area contributed by atoms with E-state index in [9.17, 15) is 4.79 Å². The van der Waals surface area contributed by atoms with Crippen molar-refractivity contribution < 1.29 is 14.3 Å². The van der Waals surface area contributed by atoms with Gasteiger partial charge in [0.1, 0.15) is 17.3 Å². The van der Waals surface area contributed by atoms with Crippen molar-refractivity contribution in [1.82, 2.24) is 9.97 Å². The van der Waals surface area contributed by atoms with E-state index in [-0.39, 0.29) is 12.1 Å². The summed E-state index contributed by atoms with van der Waals surface area (Å²) in [4.78, 5) is 25.8. The molecule has 1 aliphatic heterocycles. The van der Waals surface area contributed by atoms with Crippen LogP contribution in [-0.2, 0) is 6.54 Å². The lowest BCUT2D eigenvalue weighted by Gasteiger charge is -2.36. The maximum Gasteiger partial charge on any atom is 0.330 e. The highest BCUT2D eigenvalue weighted by Crippen LogP contribution is 2.40. The van der Waals surface area contributed by atoms with Gasteiger partial charge in [-0.15, -0.1) is 0 Å². The molecule has 26 heavy (non-hydrogen) atoms. The fourth-order valence-corrected chi connectivity index (χ4v) is 3.41. The number of hydrogen-bond acceptors (Lipinski definition) is 6. The number of fused-ring (bicyclic) bond motifs is 1. The fraction of sp³-hybridized carbons (Fsp3) is 0.389. The van der Waals surface area contributed by atoms with Gasteiger partial charge in [-0.1, -0.05) is 11.8 Å². The number of hydrogen-bond donors (Lipinski definition) is 0. The zero-order valence-corrected chi connectivity index (χ0v) is 15.7. The first kappa shape index (κ1) is 17.0. The molecular formula is C18H20N4O3S. The Morgan fingerprint density at radius 3 is 2.42 bits per heavy atom. The second kappa shape index (κ2) is 6.68. The third-order valence-electron chi connectivity index (χ3n) is 4.56. The summed E-state index contributed by atoms with van der Waals surface area (Å²) in [6.45, 7) is 0.419. The quantitative estimate of drug-likeness (QED) is 0.592. The lowest BCUT2D eigenvalue weighted by molar-refractivity contribution is 0.249. The molecule has 1 fully saturated rings. The summed E-state index contributed by atoms with van der Waals surface area (Å²) in [6.07, 6.45) is 5.75. The molecule has 8 heteroatoms. The third-order valence-corrected chi connectivity index (χ3v) is 5.12. The number of carbonyl (C=O) groups excluding carboxylic acids is 1. The van der Waals surface area contributed by atoms with E-state index in [1.807, 2.05) is 29.5 Å². The van der Waals surface area contributed by atoms with E-state index in [0.717, 1.165) is 29.9 Å². The van der Waals surface area contributed by atoms with Crippen molar-refractivity contribution in [3.8, 4) is 11.5 Å². The second-order valence-electron chi connectivity index (χ2n) is 6.25. The molecule has 2 amide bonds. The van der Waals surface area contributed by atoms with Crippen molar-refractivity contribution in [2.45, 2.75) is 30.6 Å². The Morgan fingerprint density at radius 2 is 1.85 bits per heavy atom. The number of thioether (sulfide) groups is 1. The highest BCUT2D eigenvalue weighted by molar-refractivity contribution is 7.98. The van der Waals surface area contributed by atoms with E-state index in [1.54, 1.807) is 25.2 Å². The van der Waals surface area contributed by atoms with Gasteiger partial charge in [-0.2, -0.15) is 0 Å². The number of ether oxygens (including phenoxy) is 2. The Hall–Kier alpha value is -2.48. The summed E-state index contributed by atoms with van der Waals surface area (Å²) in [6, 6.07) is 5.61. The zero-order valence-electron chi connectivity index (χ0n) is 14.9. The molecule has 1 aliphatic carbocycles. The summed E-state index contributed by atoms with van der Waals surface area (Å²) in [5.74, 6) is 2.03. The van der Waals surface area contributed by atoms with Crippen molar-refractivity contribution in [3.05, 3.63) is 30.0 Å². The molecular weight excluding hydrogens is 352 g/mol. The van der Waals surface area contributed by atoms with Gasteiger partial charge in [-0.3, -0.25) is 9.80 Å². The number of nitrogens with zero attached hydrogens (tertiary/aromatic N) is 4. The SMILES string of the molecule is COc1cc(OC)cc(N2Cc3cnc(SC)nc3N(C3CC3)C2=O)c1. The minimum Gasteiger partial charge on any atom is -0.497 e. The standard InChI is InChI=1S/C18H20N4O3S/c1-24-14-6-13(7-15(8-14)25-2)21-10-11-9-19-17(26-3)20-16(11)22(18(21)23)12-4-5-12/h6-9,12H,4-5,10H2,1-3H3. The van der Waals surface area contributed by atoms with Crippen LogP contribution in [0, 0.1) is 0 Å². The predicted molar refractivity (Wildman–Crippen MR) is 100 cm³/mol. The van der Waals surface area contributed by atoms with Crippen molar-refractivity contribution >= 4 is 29.3 Å². The van der Waals surface area contributed by atoms with Gasteiger partial charge in [-0.05, 0) is 19.1 Å². The number of benzene rings is 1. The first-order valence-corrected chi connectivity index (χ1v) is 9.60. The highest BCUT2D eigenvalue weighted by Gasteiger charge is 2.42. The largest absolute Gasteiger partial charge is 0.497 e. The van der Waals surface area contributed by atoms with E-state index >= 15 is 0 Å². The second-order valence-corrected chi connectivity index (χ2v) is 7.02. The predicted octanol–water partition coefficient (Wildman–Crippen LogP) is 3.32. The molecule has 2 aliphatic rings. The van der Waals surface area contributed by atoms with Gasteiger partial charge in [0, 0.05) is 36.0 Å². The van der Waals surface area contributed by atoms with Crippen LogP contribution in [0.2, 0.25) is 0 Å². The van der Waals surface area contributed by atoms with E-state index in [0.29, 0.717) is 23.2 Å². The number of amides is 2. The Morgan fingerprint density at radius 1 is 1.15 bits per heavy atom. The van der Waals surface area contributed by atoms with Crippen molar-refractivity contribution in [2.24, 2.45) is 0 Å². The van der Waals surface area contributed by atoms with Crippen LogP contribution >= 0.6 is 11.8 Å². The molecule has 1 aromatic heterocycles. The Balaban J connectivity index is 1.78. The molecule has 4 rings (SSSR count). The van der Waals surface area contributed by atoms with E-state index in [4.69, 9.17) is 9.47 Å². The average Bonchev–Trinajstić information content (AvgIpc) is 3.51. The maximum absolute atomic E-state index is 13.3. The van der Waals surface area contributed by atoms with Gasteiger partial charge in [0.2, 0.25) is 0 Å². The number of aromatic nitrogens is 2. The lowest BCUT2D eigenvalue weighted by atomic mass is 10.1. The molecule has 136 valence electrons. The summed E-state index contributed by atoms with van der Waals surface area (Å²) < 4.78 is 10.7. The van der Waals surface area contributed by atoms with Crippen molar-refractivity contribution in [2.75, 3.05) is 30.3 Å². The highest BCUT2D eigenvalue weighted by atomic mass is 32.2. The van der Waals surface area contributed by atoms with Gasteiger partial charge < -0.3 is 9.47 Å². The summed E-state index contributed by atoms with van der Waals surface area (Å²) in [5.41, 5.74) is 1.67. The molecule has 2 heterocycles. The zero-order chi connectivity index (χ0) is 18.3. The van der Waals surface area contributed by atoms with E-state index in [1.165, 1.54) is 11.8 Å². The molecule has 0 unspecified atom stereocenters. The molecule has 2 aromatic rings. The van der Waals surface area contributed by atoms with Crippen LogP contribution in [0.25, 0.3) is 0 Å². The molecule has 1 saturated carbocycles. The number of methoxy groups -OCH3 is 2. The third kappa shape index (κ3) is 2.94. The molecule has 0 saturated heterocycles. The summed E-state index contributed by atoms with van der Waals surface area (Å²) >= 11 is 1.48. The minimum atomic E-state index is -0.0685. The number of rotatable bonds is 5. The van der Waals surface area contributed by atoms with E-state index in [2.05, 4.69) is 9.97 Å². The maximum atomic E-state index is 13.3.